The summed E-state index contributed by atoms with van der Waals surface area (Å²) in [5, 5.41) is 14.4. The van der Waals surface area contributed by atoms with Crippen LogP contribution < -0.4 is 5.32 Å². The largest absolute Gasteiger partial charge is 0.310 e. The average Bonchev–Trinajstić information content (AvgIpc) is 2.42. The van der Waals surface area contributed by atoms with Crippen molar-refractivity contribution < 1.29 is 4.92 Å². The van der Waals surface area contributed by atoms with Crippen LogP contribution >= 0.6 is 0 Å². The first-order valence-corrected chi connectivity index (χ1v) is 7.52. The van der Waals surface area contributed by atoms with Gasteiger partial charge in [-0.05, 0) is 37.3 Å². The standard InChI is InChI=1S/C16H26N2O2/c1-4-7-16(17-11-6-8-13(2)3)14-9-5-10-15(12-14)18(19)20/h5,9-10,12-13,16-17H,4,6-8,11H2,1-3H3. The lowest BCUT2D eigenvalue weighted by Crippen LogP contribution is -2.22. The van der Waals surface area contributed by atoms with Crippen molar-refractivity contribution in [3.8, 4) is 0 Å². The van der Waals surface area contributed by atoms with Crippen LogP contribution in [0.5, 0.6) is 0 Å². The molecule has 0 aliphatic rings. The Hall–Kier alpha value is -1.42. The number of nitrogens with zero attached hydrogens (tertiary/aromatic N) is 1. The smallest absolute Gasteiger partial charge is 0.269 e. The highest BCUT2D eigenvalue weighted by molar-refractivity contribution is 5.35. The molecule has 0 saturated heterocycles. The Balaban J connectivity index is 2.65. The Kier molecular flexibility index (Phi) is 7.23. The summed E-state index contributed by atoms with van der Waals surface area (Å²) in [5.41, 5.74) is 1.19. The first-order valence-electron chi connectivity index (χ1n) is 7.52. The zero-order valence-corrected chi connectivity index (χ0v) is 12.8. The number of nitro benzene ring substituents is 1. The fourth-order valence-electron chi connectivity index (χ4n) is 2.32. The van der Waals surface area contributed by atoms with E-state index < -0.39 is 0 Å². The quantitative estimate of drug-likeness (QED) is 0.412. The number of nitrogens with one attached hydrogen (secondary N) is 1. The van der Waals surface area contributed by atoms with E-state index in [0.717, 1.165) is 37.3 Å². The lowest BCUT2D eigenvalue weighted by Gasteiger charge is -2.19. The molecular formula is C16H26N2O2. The van der Waals surface area contributed by atoms with Crippen molar-refractivity contribution in [1.82, 2.24) is 5.32 Å². The summed E-state index contributed by atoms with van der Waals surface area (Å²) in [6.07, 6.45) is 4.42. The third-order valence-corrected chi connectivity index (χ3v) is 3.41. The molecule has 0 amide bonds. The van der Waals surface area contributed by atoms with Gasteiger partial charge < -0.3 is 5.32 Å². The molecule has 4 nitrogen and oxygen atoms in total. The maximum atomic E-state index is 10.9. The SMILES string of the molecule is CCCC(NCCCC(C)C)c1cccc([N+](=O)[O-])c1. The Morgan fingerprint density at radius 2 is 2.05 bits per heavy atom. The third kappa shape index (κ3) is 5.70. The fourth-order valence-corrected chi connectivity index (χ4v) is 2.32. The van der Waals surface area contributed by atoms with E-state index in [0.29, 0.717) is 0 Å². The molecule has 0 aliphatic carbocycles. The maximum Gasteiger partial charge on any atom is 0.269 e. The van der Waals surface area contributed by atoms with E-state index in [4.69, 9.17) is 0 Å². The number of hydrogen-bond donors (Lipinski definition) is 1. The number of nitro groups is 1. The van der Waals surface area contributed by atoms with E-state index in [1.807, 2.05) is 6.07 Å². The fraction of sp³-hybridized carbons (Fsp3) is 0.625. The van der Waals surface area contributed by atoms with E-state index in [2.05, 4.69) is 26.1 Å². The van der Waals surface area contributed by atoms with Crippen molar-refractivity contribution in [2.45, 2.75) is 52.5 Å². The molecule has 20 heavy (non-hydrogen) atoms. The summed E-state index contributed by atoms with van der Waals surface area (Å²) in [4.78, 5) is 10.5. The molecule has 0 heterocycles. The van der Waals surface area contributed by atoms with Gasteiger partial charge >= 0.3 is 0 Å². The van der Waals surface area contributed by atoms with Crippen molar-refractivity contribution in [2.24, 2.45) is 5.92 Å². The Morgan fingerprint density at radius 3 is 2.65 bits per heavy atom. The molecule has 0 aromatic heterocycles. The molecule has 1 N–H and O–H groups in total. The van der Waals surface area contributed by atoms with Crippen molar-refractivity contribution in [1.29, 1.82) is 0 Å². The van der Waals surface area contributed by atoms with Crippen LogP contribution in [0.4, 0.5) is 5.69 Å². The number of non-ortho nitro benzene ring substituents is 1. The molecule has 4 heteroatoms. The molecule has 0 bridgehead atoms. The maximum absolute atomic E-state index is 10.9. The molecular weight excluding hydrogens is 252 g/mol. The highest BCUT2D eigenvalue weighted by Crippen LogP contribution is 2.22. The Bertz CT molecular complexity index is 419. The average molecular weight is 278 g/mol. The molecule has 0 aliphatic heterocycles. The molecule has 1 atom stereocenters. The predicted octanol–water partition coefficient (Wildman–Crippen LogP) is 4.46. The summed E-state index contributed by atoms with van der Waals surface area (Å²) in [5.74, 6) is 0.722. The van der Waals surface area contributed by atoms with E-state index in [9.17, 15) is 10.1 Å². The molecule has 0 fully saturated rings. The molecule has 1 rings (SSSR count). The van der Waals surface area contributed by atoms with Crippen LogP contribution in [0.15, 0.2) is 24.3 Å². The highest BCUT2D eigenvalue weighted by Gasteiger charge is 2.13. The normalized spacial score (nSPS) is 12.6. The van der Waals surface area contributed by atoms with E-state index in [1.165, 1.54) is 6.42 Å². The second-order valence-electron chi connectivity index (χ2n) is 5.68. The van der Waals surface area contributed by atoms with Crippen molar-refractivity contribution in [3.05, 3.63) is 39.9 Å². The van der Waals surface area contributed by atoms with Crippen LogP contribution in [0.1, 0.15) is 58.1 Å². The number of rotatable bonds is 9. The van der Waals surface area contributed by atoms with Gasteiger partial charge in [0, 0.05) is 18.2 Å². The van der Waals surface area contributed by atoms with Crippen molar-refractivity contribution in [2.75, 3.05) is 6.54 Å². The molecule has 0 saturated carbocycles. The van der Waals surface area contributed by atoms with Gasteiger partial charge in [-0.15, -0.1) is 0 Å². The van der Waals surface area contributed by atoms with Crippen LogP contribution in [-0.4, -0.2) is 11.5 Å². The van der Waals surface area contributed by atoms with Crippen LogP contribution in [0.3, 0.4) is 0 Å². The minimum Gasteiger partial charge on any atom is -0.310 e. The van der Waals surface area contributed by atoms with Crippen LogP contribution in [0.25, 0.3) is 0 Å². The summed E-state index contributed by atoms with van der Waals surface area (Å²) in [6, 6.07) is 7.20. The second kappa shape index (κ2) is 8.69. The lowest BCUT2D eigenvalue weighted by atomic mass is 10.0. The minimum absolute atomic E-state index is 0.174. The predicted molar refractivity (Wildman–Crippen MR) is 82.8 cm³/mol. The lowest BCUT2D eigenvalue weighted by molar-refractivity contribution is -0.384. The van der Waals surface area contributed by atoms with E-state index in [-0.39, 0.29) is 16.7 Å². The molecule has 1 aromatic rings. The van der Waals surface area contributed by atoms with Gasteiger partial charge in [0.15, 0.2) is 0 Å². The van der Waals surface area contributed by atoms with Crippen LogP contribution in [0, 0.1) is 16.0 Å². The van der Waals surface area contributed by atoms with Crippen LogP contribution in [-0.2, 0) is 0 Å². The first-order chi connectivity index (χ1) is 9.54. The highest BCUT2D eigenvalue weighted by atomic mass is 16.6. The molecule has 0 spiro atoms. The summed E-state index contributed by atoms with van der Waals surface area (Å²) < 4.78 is 0. The zero-order chi connectivity index (χ0) is 15.0. The van der Waals surface area contributed by atoms with Crippen LogP contribution in [0.2, 0.25) is 0 Å². The zero-order valence-electron chi connectivity index (χ0n) is 12.8. The second-order valence-corrected chi connectivity index (χ2v) is 5.68. The summed E-state index contributed by atoms with van der Waals surface area (Å²) in [6.45, 7) is 7.56. The summed E-state index contributed by atoms with van der Waals surface area (Å²) >= 11 is 0. The molecule has 1 unspecified atom stereocenters. The van der Waals surface area contributed by atoms with Gasteiger partial charge in [-0.2, -0.15) is 0 Å². The first kappa shape index (κ1) is 16.6. The summed E-state index contributed by atoms with van der Waals surface area (Å²) in [7, 11) is 0. The number of benzene rings is 1. The monoisotopic (exact) mass is 278 g/mol. The van der Waals surface area contributed by atoms with E-state index in [1.54, 1.807) is 18.2 Å². The van der Waals surface area contributed by atoms with Gasteiger partial charge in [0.25, 0.3) is 5.69 Å². The Morgan fingerprint density at radius 1 is 1.30 bits per heavy atom. The van der Waals surface area contributed by atoms with Gasteiger partial charge in [-0.1, -0.05) is 39.3 Å². The van der Waals surface area contributed by atoms with Gasteiger partial charge in [0.2, 0.25) is 0 Å². The Labute approximate surface area is 121 Å². The molecule has 0 radical (unpaired) electrons. The van der Waals surface area contributed by atoms with E-state index >= 15 is 0 Å². The van der Waals surface area contributed by atoms with Crippen molar-refractivity contribution >= 4 is 5.69 Å². The van der Waals surface area contributed by atoms with Gasteiger partial charge in [0.05, 0.1) is 4.92 Å². The number of hydrogen-bond acceptors (Lipinski definition) is 3. The third-order valence-electron chi connectivity index (χ3n) is 3.41. The molecule has 1 aromatic carbocycles. The topological polar surface area (TPSA) is 55.2 Å². The van der Waals surface area contributed by atoms with Gasteiger partial charge in [-0.3, -0.25) is 10.1 Å². The minimum atomic E-state index is -0.328. The molecule has 112 valence electrons. The van der Waals surface area contributed by atoms with Gasteiger partial charge in [-0.25, -0.2) is 0 Å². The van der Waals surface area contributed by atoms with Gasteiger partial charge in [0.1, 0.15) is 0 Å². The van der Waals surface area contributed by atoms with Crippen molar-refractivity contribution in [3.63, 3.8) is 0 Å².